The molecular formula is C18H15N2O4S-. The fraction of sp³-hybridized carbons (Fsp3) is 0.167. The predicted molar refractivity (Wildman–Crippen MR) is 94.2 cm³/mol. The van der Waals surface area contributed by atoms with Gasteiger partial charge in [-0.15, -0.1) is 0 Å². The molecule has 25 heavy (non-hydrogen) atoms. The first-order chi connectivity index (χ1) is 12.0. The van der Waals surface area contributed by atoms with Gasteiger partial charge in [-0.1, -0.05) is 35.9 Å². The monoisotopic (exact) mass is 355 g/mol. The maximum absolute atomic E-state index is 12.8. The molecule has 0 aromatic heterocycles. The van der Waals surface area contributed by atoms with Crippen LogP contribution in [-0.2, 0) is 9.59 Å². The molecule has 0 aliphatic carbocycles. The van der Waals surface area contributed by atoms with Gasteiger partial charge in [0, 0.05) is 5.69 Å². The highest BCUT2D eigenvalue weighted by atomic mass is 32.2. The summed E-state index contributed by atoms with van der Waals surface area (Å²) in [7, 11) is 0. The molecule has 2 aromatic carbocycles. The SMILES string of the molecule is Cc1ccc(N(CC(=O)[O-])C2SC(=O)N(c3ccccc3)C2=O)cc1. The number of hydrogen-bond acceptors (Lipinski definition) is 6. The summed E-state index contributed by atoms with van der Waals surface area (Å²) in [5.74, 6) is -1.79. The smallest absolute Gasteiger partial charge is 0.295 e. The van der Waals surface area contributed by atoms with E-state index in [4.69, 9.17) is 0 Å². The van der Waals surface area contributed by atoms with Gasteiger partial charge < -0.3 is 14.8 Å². The largest absolute Gasteiger partial charge is 0.548 e. The number of carbonyl (C=O) groups excluding carboxylic acids is 3. The van der Waals surface area contributed by atoms with Crippen molar-refractivity contribution in [3.05, 3.63) is 60.2 Å². The molecule has 2 aromatic rings. The molecule has 1 aliphatic rings. The highest BCUT2D eigenvalue weighted by Gasteiger charge is 2.44. The average molecular weight is 355 g/mol. The van der Waals surface area contributed by atoms with E-state index in [0.717, 1.165) is 22.2 Å². The van der Waals surface area contributed by atoms with Gasteiger partial charge in [-0.25, -0.2) is 4.90 Å². The zero-order valence-electron chi connectivity index (χ0n) is 13.4. The minimum atomic E-state index is -1.32. The fourth-order valence-electron chi connectivity index (χ4n) is 2.59. The quantitative estimate of drug-likeness (QED) is 0.813. The standard InChI is InChI=1S/C18H16N2O4S/c1-12-7-9-13(10-8-12)19(11-15(21)22)17-16(23)20(18(24)25-17)14-5-3-2-4-6-14/h2-10,17H,11H2,1H3,(H,21,22)/p-1. The molecule has 0 N–H and O–H groups in total. The summed E-state index contributed by atoms with van der Waals surface area (Å²) in [6.07, 6.45) is 0. The van der Waals surface area contributed by atoms with E-state index in [1.165, 1.54) is 4.90 Å². The number of imide groups is 1. The van der Waals surface area contributed by atoms with E-state index in [0.29, 0.717) is 11.4 Å². The minimum Gasteiger partial charge on any atom is -0.548 e. The van der Waals surface area contributed by atoms with Crippen LogP contribution in [-0.4, -0.2) is 29.0 Å². The summed E-state index contributed by atoms with van der Waals surface area (Å²) >= 11 is 0.798. The van der Waals surface area contributed by atoms with E-state index in [2.05, 4.69) is 0 Å². The van der Waals surface area contributed by atoms with Crippen LogP contribution in [0.15, 0.2) is 54.6 Å². The summed E-state index contributed by atoms with van der Waals surface area (Å²) in [6, 6.07) is 15.6. The second kappa shape index (κ2) is 6.98. The third-order valence-electron chi connectivity index (χ3n) is 3.79. The molecule has 1 atom stereocenters. The molecule has 3 rings (SSSR count). The highest BCUT2D eigenvalue weighted by molar-refractivity contribution is 8.16. The van der Waals surface area contributed by atoms with Crippen molar-refractivity contribution in [3.8, 4) is 0 Å². The van der Waals surface area contributed by atoms with Crippen LogP contribution in [0, 0.1) is 6.92 Å². The first-order valence-corrected chi connectivity index (χ1v) is 8.48. The molecule has 1 saturated heterocycles. The van der Waals surface area contributed by atoms with Crippen LogP contribution >= 0.6 is 11.8 Å². The second-order valence-corrected chi connectivity index (χ2v) is 6.61. The lowest BCUT2D eigenvalue weighted by Gasteiger charge is -2.29. The molecule has 6 nitrogen and oxygen atoms in total. The van der Waals surface area contributed by atoms with Crippen molar-refractivity contribution in [1.29, 1.82) is 0 Å². The van der Waals surface area contributed by atoms with Gasteiger partial charge in [-0.2, -0.15) is 0 Å². The Hall–Kier alpha value is -2.80. The number of carboxylic acids is 1. The van der Waals surface area contributed by atoms with Crippen LogP contribution in [0.4, 0.5) is 16.2 Å². The molecule has 128 valence electrons. The van der Waals surface area contributed by atoms with Gasteiger partial charge in [0.05, 0.1) is 18.2 Å². The van der Waals surface area contributed by atoms with Gasteiger partial charge in [0.2, 0.25) is 0 Å². The number of hydrogen-bond donors (Lipinski definition) is 0. The molecule has 1 unspecified atom stereocenters. The van der Waals surface area contributed by atoms with E-state index in [1.54, 1.807) is 42.5 Å². The number of carbonyl (C=O) groups is 3. The normalized spacial score (nSPS) is 17.0. The van der Waals surface area contributed by atoms with Gasteiger partial charge >= 0.3 is 0 Å². The number of para-hydroxylation sites is 1. The molecule has 0 saturated carbocycles. The maximum Gasteiger partial charge on any atom is 0.295 e. The zero-order valence-corrected chi connectivity index (χ0v) is 14.2. The number of carboxylic acid groups (broad SMARTS) is 1. The number of rotatable bonds is 5. The summed E-state index contributed by atoms with van der Waals surface area (Å²) in [5.41, 5.74) is 2.01. The molecule has 1 aliphatic heterocycles. The van der Waals surface area contributed by atoms with Gasteiger partial charge in [0.1, 0.15) is 0 Å². The Labute approximate surface area is 149 Å². The first kappa shape index (κ1) is 17.0. The van der Waals surface area contributed by atoms with E-state index >= 15 is 0 Å². The van der Waals surface area contributed by atoms with Crippen LogP contribution in [0.5, 0.6) is 0 Å². The zero-order chi connectivity index (χ0) is 18.0. The second-order valence-electron chi connectivity index (χ2n) is 5.58. The average Bonchev–Trinajstić information content (AvgIpc) is 2.88. The Morgan fingerprint density at radius 3 is 2.36 bits per heavy atom. The number of amides is 2. The Morgan fingerprint density at radius 2 is 1.76 bits per heavy atom. The number of nitrogens with zero attached hydrogens (tertiary/aromatic N) is 2. The third kappa shape index (κ3) is 3.51. The van der Waals surface area contributed by atoms with Crippen molar-refractivity contribution in [1.82, 2.24) is 0 Å². The maximum atomic E-state index is 12.8. The number of aliphatic carboxylic acids is 1. The first-order valence-electron chi connectivity index (χ1n) is 7.60. The van der Waals surface area contributed by atoms with Crippen LogP contribution < -0.4 is 14.9 Å². The molecule has 1 fully saturated rings. The number of benzene rings is 2. The molecule has 0 bridgehead atoms. The van der Waals surface area contributed by atoms with Crippen LogP contribution in [0.25, 0.3) is 0 Å². The van der Waals surface area contributed by atoms with Crippen LogP contribution in [0.2, 0.25) is 0 Å². The van der Waals surface area contributed by atoms with Crippen molar-refractivity contribution >= 4 is 40.3 Å². The van der Waals surface area contributed by atoms with E-state index in [1.807, 2.05) is 19.1 Å². The molecule has 1 heterocycles. The lowest BCUT2D eigenvalue weighted by Crippen LogP contribution is -2.47. The Kier molecular flexibility index (Phi) is 4.76. The minimum absolute atomic E-state index is 0.434. The van der Waals surface area contributed by atoms with Gasteiger partial charge in [-0.3, -0.25) is 9.59 Å². The predicted octanol–water partition coefficient (Wildman–Crippen LogP) is 1.78. The van der Waals surface area contributed by atoms with Gasteiger partial charge in [0.15, 0.2) is 5.37 Å². The van der Waals surface area contributed by atoms with Crippen molar-refractivity contribution in [2.45, 2.75) is 12.3 Å². The van der Waals surface area contributed by atoms with E-state index in [-0.39, 0.29) is 0 Å². The number of anilines is 2. The van der Waals surface area contributed by atoms with Crippen molar-refractivity contribution in [2.75, 3.05) is 16.3 Å². The van der Waals surface area contributed by atoms with Crippen molar-refractivity contribution in [3.63, 3.8) is 0 Å². The van der Waals surface area contributed by atoms with E-state index < -0.39 is 29.0 Å². The summed E-state index contributed by atoms with van der Waals surface area (Å²) in [4.78, 5) is 38.8. The van der Waals surface area contributed by atoms with Gasteiger partial charge in [0.25, 0.3) is 11.1 Å². The Morgan fingerprint density at radius 1 is 1.12 bits per heavy atom. The molecule has 0 spiro atoms. The fourth-order valence-corrected chi connectivity index (χ4v) is 3.61. The van der Waals surface area contributed by atoms with Gasteiger partial charge in [-0.05, 0) is 43.0 Å². The van der Waals surface area contributed by atoms with Crippen LogP contribution in [0.3, 0.4) is 0 Å². The van der Waals surface area contributed by atoms with Crippen molar-refractivity contribution in [2.24, 2.45) is 0 Å². The third-order valence-corrected chi connectivity index (χ3v) is 4.85. The summed E-state index contributed by atoms with van der Waals surface area (Å²) < 4.78 is 0. The Balaban J connectivity index is 1.94. The topological polar surface area (TPSA) is 80.8 Å². The van der Waals surface area contributed by atoms with E-state index in [9.17, 15) is 19.5 Å². The molecule has 0 radical (unpaired) electrons. The Bertz CT molecular complexity index is 808. The lowest BCUT2D eigenvalue weighted by atomic mass is 10.2. The van der Waals surface area contributed by atoms with Crippen LogP contribution in [0.1, 0.15) is 5.56 Å². The lowest BCUT2D eigenvalue weighted by molar-refractivity contribution is -0.303. The van der Waals surface area contributed by atoms with Crippen molar-refractivity contribution < 1.29 is 19.5 Å². The highest BCUT2D eigenvalue weighted by Crippen LogP contribution is 2.35. The number of thioether (sulfide) groups is 1. The summed E-state index contributed by atoms with van der Waals surface area (Å²) in [5, 5.41) is 9.79. The molecule has 2 amide bonds. The molecule has 7 heteroatoms. The summed E-state index contributed by atoms with van der Waals surface area (Å²) in [6.45, 7) is 1.42. The number of aryl methyl sites for hydroxylation is 1. The molecular weight excluding hydrogens is 340 g/mol.